The number of ketones is 1. The van der Waals surface area contributed by atoms with Crippen LogP contribution in [0.5, 0.6) is 0 Å². The van der Waals surface area contributed by atoms with E-state index < -0.39 is 12.2 Å². The zero-order valence-electron chi connectivity index (χ0n) is 7.47. The molecular weight excluding hydrogens is 178 g/mol. The van der Waals surface area contributed by atoms with E-state index in [9.17, 15) is 13.6 Å². The smallest absolute Gasteiger partial charge is 0.295 e. The number of carbonyl (C=O) groups excluding carboxylic acids is 1. The highest BCUT2D eigenvalue weighted by molar-refractivity contribution is 5.81. The van der Waals surface area contributed by atoms with Crippen LogP contribution in [0.3, 0.4) is 0 Å². The fourth-order valence-electron chi connectivity index (χ4n) is 1.49. The third-order valence-corrected chi connectivity index (χ3v) is 2.22. The van der Waals surface area contributed by atoms with Crippen LogP contribution in [-0.2, 0) is 9.53 Å². The molecule has 1 aliphatic heterocycles. The lowest BCUT2D eigenvalue weighted by molar-refractivity contribution is -0.129. The van der Waals surface area contributed by atoms with E-state index in [2.05, 4.69) is 0 Å². The predicted octanol–water partition coefficient (Wildman–Crippen LogP) is 2.17. The molecule has 1 aliphatic rings. The summed E-state index contributed by atoms with van der Waals surface area (Å²) in [5.41, 5.74) is 0. The van der Waals surface area contributed by atoms with Crippen LogP contribution in [0.15, 0.2) is 0 Å². The maximum absolute atomic E-state index is 11.7. The lowest BCUT2D eigenvalue weighted by atomic mass is 10.1. The zero-order valence-corrected chi connectivity index (χ0v) is 7.47. The van der Waals surface area contributed by atoms with E-state index in [1.165, 1.54) is 0 Å². The molecular formula is C9H14F2O2. The number of rotatable bonds is 5. The first-order chi connectivity index (χ1) is 6.20. The first kappa shape index (κ1) is 10.6. The third-order valence-electron chi connectivity index (χ3n) is 2.22. The van der Waals surface area contributed by atoms with E-state index in [0.29, 0.717) is 6.42 Å². The monoisotopic (exact) mass is 192 g/mol. The topological polar surface area (TPSA) is 26.3 Å². The Bertz CT molecular complexity index is 165. The number of carbonyl (C=O) groups is 1. The van der Waals surface area contributed by atoms with Crippen molar-refractivity contribution in [2.24, 2.45) is 0 Å². The lowest BCUT2D eigenvalue weighted by Crippen LogP contribution is -2.11. The van der Waals surface area contributed by atoms with Gasteiger partial charge in [-0.25, -0.2) is 8.78 Å². The number of hydrogen-bond acceptors (Lipinski definition) is 2. The summed E-state index contributed by atoms with van der Waals surface area (Å²) in [5, 5.41) is 0. The molecule has 0 radical (unpaired) electrons. The van der Waals surface area contributed by atoms with Crippen molar-refractivity contribution < 1.29 is 18.3 Å². The van der Waals surface area contributed by atoms with Crippen molar-refractivity contribution in [3.8, 4) is 0 Å². The SMILES string of the molecule is O=C(CCCC1CCCO1)C(F)F. The first-order valence-electron chi connectivity index (χ1n) is 4.62. The van der Waals surface area contributed by atoms with Crippen molar-refractivity contribution in [1.82, 2.24) is 0 Å². The van der Waals surface area contributed by atoms with Gasteiger partial charge in [0.1, 0.15) is 0 Å². The zero-order chi connectivity index (χ0) is 9.68. The fourth-order valence-corrected chi connectivity index (χ4v) is 1.49. The van der Waals surface area contributed by atoms with Gasteiger partial charge >= 0.3 is 0 Å². The molecule has 0 bridgehead atoms. The number of Topliss-reactive ketones (excluding diaryl/α,β-unsaturated/α-hetero) is 1. The average molecular weight is 192 g/mol. The summed E-state index contributed by atoms with van der Waals surface area (Å²) in [7, 11) is 0. The molecule has 13 heavy (non-hydrogen) atoms. The molecule has 0 spiro atoms. The van der Waals surface area contributed by atoms with Gasteiger partial charge in [0.2, 0.25) is 0 Å². The van der Waals surface area contributed by atoms with Crippen LogP contribution >= 0.6 is 0 Å². The molecule has 2 nitrogen and oxygen atoms in total. The summed E-state index contributed by atoms with van der Waals surface area (Å²) >= 11 is 0. The highest BCUT2D eigenvalue weighted by Gasteiger charge is 2.18. The second-order valence-electron chi connectivity index (χ2n) is 3.29. The summed E-state index contributed by atoms with van der Waals surface area (Å²) in [6.45, 7) is 0.771. The van der Waals surface area contributed by atoms with Crippen molar-refractivity contribution >= 4 is 5.78 Å². The first-order valence-corrected chi connectivity index (χ1v) is 4.62. The second kappa shape index (κ2) is 5.27. The normalized spacial score (nSPS) is 22.5. The summed E-state index contributed by atoms with van der Waals surface area (Å²) in [4.78, 5) is 10.5. The molecule has 1 atom stereocenters. The predicted molar refractivity (Wildman–Crippen MR) is 43.8 cm³/mol. The minimum Gasteiger partial charge on any atom is -0.378 e. The average Bonchev–Trinajstić information content (AvgIpc) is 2.56. The van der Waals surface area contributed by atoms with Gasteiger partial charge < -0.3 is 4.74 Å². The van der Waals surface area contributed by atoms with E-state index in [1.807, 2.05) is 0 Å². The maximum atomic E-state index is 11.7. The van der Waals surface area contributed by atoms with E-state index in [4.69, 9.17) is 4.74 Å². The van der Waals surface area contributed by atoms with Crippen LogP contribution in [0.2, 0.25) is 0 Å². The summed E-state index contributed by atoms with van der Waals surface area (Å²) in [5.74, 6) is -0.946. The number of ether oxygens (including phenoxy) is 1. The van der Waals surface area contributed by atoms with Gasteiger partial charge in [0.05, 0.1) is 6.10 Å². The van der Waals surface area contributed by atoms with Crippen LogP contribution in [-0.4, -0.2) is 24.9 Å². The molecule has 0 aromatic carbocycles. The van der Waals surface area contributed by atoms with Crippen LogP contribution in [0.4, 0.5) is 8.78 Å². The van der Waals surface area contributed by atoms with E-state index in [-0.39, 0.29) is 12.5 Å². The number of hydrogen-bond donors (Lipinski definition) is 0. The second-order valence-corrected chi connectivity index (χ2v) is 3.29. The van der Waals surface area contributed by atoms with Gasteiger partial charge in [0, 0.05) is 13.0 Å². The van der Waals surface area contributed by atoms with Gasteiger partial charge in [-0.1, -0.05) is 0 Å². The minimum absolute atomic E-state index is 0.0163. The van der Waals surface area contributed by atoms with Gasteiger partial charge in [0.25, 0.3) is 6.43 Å². The quantitative estimate of drug-likeness (QED) is 0.667. The van der Waals surface area contributed by atoms with Crippen molar-refractivity contribution in [3.63, 3.8) is 0 Å². The highest BCUT2D eigenvalue weighted by atomic mass is 19.3. The van der Waals surface area contributed by atoms with E-state index in [0.717, 1.165) is 25.9 Å². The third kappa shape index (κ3) is 3.81. The Morgan fingerprint density at radius 2 is 2.31 bits per heavy atom. The van der Waals surface area contributed by atoms with Crippen molar-refractivity contribution in [1.29, 1.82) is 0 Å². The van der Waals surface area contributed by atoms with E-state index in [1.54, 1.807) is 0 Å². The maximum Gasteiger partial charge on any atom is 0.295 e. The Morgan fingerprint density at radius 3 is 2.85 bits per heavy atom. The standard InChI is InChI=1S/C9H14F2O2/c10-9(11)8(12)5-1-3-7-4-2-6-13-7/h7,9H,1-6H2. The minimum atomic E-state index is -2.80. The van der Waals surface area contributed by atoms with Crippen molar-refractivity contribution in [2.75, 3.05) is 6.61 Å². The van der Waals surface area contributed by atoms with Gasteiger partial charge in [-0.2, -0.15) is 0 Å². The molecule has 0 amide bonds. The molecule has 0 aliphatic carbocycles. The molecule has 4 heteroatoms. The van der Waals surface area contributed by atoms with Crippen LogP contribution < -0.4 is 0 Å². The summed E-state index contributed by atoms with van der Waals surface area (Å²) in [6, 6.07) is 0. The van der Waals surface area contributed by atoms with Gasteiger partial charge in [0.15, 0.2) is 5.78 Å². The van der Waals surface area contributed by atoms with Gasteiger partial charge in [-0.05, 0) is 25.7 Å². The fraction of sp³-hybridized carbons (Fsp3) is 0.889. The largest absolute Gasteiger partial charge is 0.378 e. The molecule has 1 saturated heterocycles. The highest BCUT2D eigenvalue weighted by Crippen LogP contribution is 2.18. The van der Waals surface area contributed by atoms with Crippen LogP contribution in [0.1, 0.15) is 32.1 Å². The summed E-state index contributed by atoms with van der Waals surface area (Å²) < 4.78 is 28.8. The Balaban J connectivity index is 2.03. The Kier molecular flexibility index (Phi) is 4.28. The molecule has 1 fully saturated rings. The van der Waals surface area contributed by atoms with Crippen LogP contribution in [0.25, 0.3) is 0 Å². The molecule has 0 aromatic rings. The molecule has 0 N–H and O–H groups in total. The number of alkyl halides is 2. The molecule has 1 unspecified atom stereocenters. The molecule has 0 saturated carbocycles. The Morgan fingerprint density at radius 1 is 1.54 bits per heavy atom. The molecule has 1 rings (SSSR count). The Hall–Kier alpha value is -0.510. The lowest BCUT2D eigenvalue weighted by Gasteiger charge is -2.07. The number of halogens is 2. The van der Waals surface area contributed by atoms with Crippen LogP contribution in [0, 0.1) is 0 Å². The Labute approximate surface area is 76.3 Å². The van der Waals surface area contributed by atoms with Gasteiger partial charge in [-0.3, -0.25) is 4.79 Å². The van der Waals surface area contributed by atoms with Gasteiger partial charge in [-0.15, -0.1) is 0 Å². The van der Waals surface area contributed by atoms with Crippen molar-refractivity contribution in [2.45, 2.75) is 44.6 Å². The molecule has 0 aromatic heterocycles. The van der Waals surface area contributed by atoms with E-state index >= 15 is 0 Å². The summed E-state index contributed by atoms with van der Waals surface area (Å²) in [6.07, 6.45) is 0.690. The van der Waals surface area contributed by atoms with Crippen molar-refractivity contribution in [3.05, 3.63) is 0 Å². The molecule has 76 valence electrons. The molecule has 1 heterocycles.